The standard InChI is InChI=1S/C18H16N4O3S2/c1-11-9-15(23)19-12-5-2-3-6-13(12)22(11)16(24)10-27-18-21-20-17(25-18)14-7-4-8-26-14/h2-8,11H,9-10H2,1H3,(H,19,23)/t11-/m1/s1. The second kappa shape index (κ2) is 7.53. The SMILES string of the molecule is C[C@@H]1CC(=O)Nc2ccccc2N1C(=O)CSc1nnc(-c2cccs2)o1. The van der Waals surface area contributed by atoms with Gasteiger partial charge in [0, 0.05) is 12.5 Å². The fraction of sp³-hybridized carbons (Fsp3) is 0.222. The van der Waals surface area contributed by atoms with E-state index < -0.39 is 0 Å². The first kappa shape index (κ1) is 17.7. The molecule has 1 aliphatic heterocycles. The number of thiophene rings is 1. The van der Waals surface area contributed by atoms with Crippen LogP contribution in [0.4, 0.5) is 11.4 Å². The van der Waals surface area contributed by atoms with Gasteiger partial charge in [0.1, 0.15) is 0 Å². The van der Waals surface area contributed by atoms with E-state index in [0.29, 0.717) is 22.5 Å². The van der Waals surface area contributed by atoms with Crippen LogP contribution < -0.4 is 10.2 Å². The molecule has 138 valence electrons. The molecule has 0 saturated heterocycles. The minimum Gasteiger partial charge on any atom is -0.410 e. The molecule has 9 heteroatoms. The van der Waals surface area contributed by atoms with Crippen molar-refractivity contribution >= 4 is 46.3 Å². The van der Waals surface area contributed by atoms with Crippen molar-refractivity contribution in [1.82, 2.24) is 10.2 Å². The predicted molar refractivity (Wildman–Crippen MR) is 105 cm³/mol. The molecule has 27 heavy (non-hydrogen) atoms. The largest absolute Gasteiger partial charge is 0.410 e. The number of amides is 2. The first-order valence-corrected chi connectivity index (χ1v) is 10.2. The van der Waals surface area contributed by atoms with Gasteiger partial charge < -0.3 is 14.6 Å². The third-order valence-electron chi connectivity index (χ3n) is 4.09. The molecule has 2 aromatic heterocycles. The normalized spacial score (nSPS) is 16.6. The van der Waals surface area contributed by atoms with Gasteiger partial charge in [0.25, 0.3) is 11.1 Å². The van der Waals surface area contributed by atoms with Crippen molar-refractivity contribution in [3.05, 3.63) is 41.8 Å². The molecule has 0 unspecified atom stereocenters. The van der Waals surface area contributed by atoms with Crippen LogP contribution in [0.15, 0.2) is 51.4 Å². The van der Waals surface area contributed by atoms with Crippen molar-refractivity contribution in [2.24, 2.45) is 0 Å². The molecule has 0 bridgehead atoms. The second-order valence-electron chi connectivity index (χ2n) is 6.02. The van der Waals surface area contributed by atoms with Gasteiger partial charge in [-0.1, -0.05) is 30.0 Å². The van der Waals surface area contributed by atoms with Crippen molar-refractivity contribution in [2.75, 3.05) is 16.0 Å². The average Bonchev–Trinajstić information content (AvgIpc) is 3.30. The maximum atomic E-state index is 12.9. The molecule has 3 heterocycles. The van der Waals surface area contributed by atoms with Gasteiger partial charge in [-0.15, -0.1) is 21.5 Å². The lowest BCUT2D eigenvalue weighted by atomic mass is 10.2. The molecule has 7 nitrogen and oxygen atoms in total. The van der Waals surface area contributed by atoms with Crippen molar-refractivity contribution in [3.8, 4) is 10.8 Å². The number of hydrogen-bond donors (Lipinski definition) is 1. The van der Waals surface area contributed by atoms with Gasteiger partial charge in [-0.3, -0.25) is 9.59 Å². The maximum absolute atomic E-state index is 12.9. The van der Waals surface area contributed by atoms with Crippen molar-refractivity contribution in [1.29, 1.82) is 0 Å². The molecule has 0 spiro atoms. The molecular weight excluding hydrogens is 384 g/mol. The number of benzene rings is 1. The highest BCUT2D eigenvalue weighted by molar-refractivity contribution is 7.99. The van der Waals surface area contributed by atoms with E-state index >= 15 is 0 Å². The lowest BCUT2D eigenvalue weighted by Crippen LogP contribution is -2.40. The third-order valence-corrected chi connectivity index (χ3v) is 5.75. The smallest absolute Gasteiger partial charge is 0.277 e. The molecule has 4 rings (SSSR count). The number of carbonyl (C=O) groups is 2. The third kappa shape index (κ3) is 3.74. The number of nitrogens with zero attached hydrogens (tertiary/aromatic N) is 3. The quantitative estimate of drug-likeness (QED) is 0.673. The molecule has 2 amide bonds. The molecule has 1 atom stereocenters. The van der Waals surface area contributed by atoms with E-state index in [2.05, 4.69) is 15.5 Å². The Morgan fingerprint density at radius 2 is 2.19 bits per heavy atom. The molecule has 0 aliphatic carbocycles. The van der Waals surface area contributed by atoms with E-state index in [-0.39, 0.29) is 30.0 Å². The van der Waals surface area contributed by atoms with Crippen LogP contribution in [0.1, 0.15) is 13.3 Å². The average molecular weight is 400 g/mol. The number of aromatic nitrogens is 2. The zero-order chi connectivity index (χ0) is 18.8. The fourth-order valence-electron chi connectivity index (χ4n) is 2.93. The van der Waals surface area contributed by atoms with Crippen LogP contribution in [0.5, 0.6) is 0 Å². The Morgan fingerprint density at radius 1 is 1.33 bits per heavy atom. The van der Waals surface area contributed by atoms with E-state index in [0.717, 1.165) is 4.88 Å². The number of nitrogens with one attached hydrogen (secondary N) is 1. The van der Waals surface area contributed by atoms with Crippen LogP contribution in [-0.2, 0) is 9.59 Å². The van der Waals surface area contributed by atoms with E-state index in [4.69, 9.17) is 4.42 Å². The van der Waals surface area contributed by atoms with Gasteiger partial charge in [-0.25, -0.2) is 0 Å². The van der Waals surface area contributed by atoms with Crippen LogP contribution in [0, 0.1) is 0 Å². The van der Waals surface area contributed by atoms with Crippen LogP contribution in [-0.4, -0.2) is 33.8 Å². The van der Waals surface area contributed by atoms with Crippen LogP contribution in [0.3, 0.4) is 0 Å². The number of hydrogen-bond acceptors (Lipinski definition) is 7. The maximum Gasteiger partial charge on any atom is 0.277 e. The van der Waals surface area contributed by atoms with E-state index in [1.165, 1.54) is 23.1 Å². The van der Waals surface area contributed by atoms with E-state index in [9.17, 15) is 9.59 Å². The van der Waals surface area contributed by atoms with Gasteiger partial charge in [0.2, 0.25) is 11.8 Å². The van der Waals surface area contributed by atoms with Gasteiger partial charge in [-0.05, 0) is 30.5 Å². The van der Waals surface area contributed by atoms with E-state index in [1.54, 1.807) is 11.0 Å². The Hall–Kier alpha value is -2.65. The molecule has 3 aromatic rings. The first-order chi connectivity index (χ1) is 13.1. The number of fused-ring (bicyclic) bond motifs is 1. The Bertz CT molecular complexity index is 971. The Balaban J connectivity index is 1.50. The van der Waals surface area contributed by atoms with Crippen LogP contribution >= 0.6 is 23.1 Å². The molecule has 0 radical (unpaired) electrons. The minimum absolute atomic E-state index is 0.101. The lowest BCUT2D eigenvalue weighted by molar-refractivity contribution is -0.117. The van der Waals surface area contributed by atoms with Crippen molar-refractivity contribution in [3.63, 3.8) is 0 Å². The van der Waals surface area contributed by atoms with Gasteiger partial charge in [0.15, 0.2) is 0 Å². The summed E-state index contributed by atoms with van der Waals surface area (Å²) in [4.78, 5) is 27.5. The second-order valence-corrected chi connectivity index (χ2v) is 7.90. The minimum atomic E-state index is -0.244. The Morgan fingerprint density at radius 3 is 3.00 bits per heavy atom. The van der Waals surface area contributed by atoms with E-state index in [1.807, 2.05) is 42.6 Å². The van der Waals surface area contributed by atoms with Crippen molar-refractivity contribution in [2.45, 2.75) is 24.6 Å². The summed E-state index contributed by atoms with van der Waals surface area (Å²) in [7, 11) is 0. The first-order valence-electron chi connectivity index (χ1n) is 8.33. The number of carbonyl (C=O) groups excluding carboxylic acids is 2. The highest BCUT2D eigenvalue weighted by atomic mass is 32.2. The molecule has 1 aliphatic rings. The number of thioether (sulfide) groups is 1. The van der Waals surface area contributed by atoms with Gasteiger partial charge in [0.05, 0.1) is 22.0 Å². The van der Waals surface area contributed by atoms with Crippen LogP contribution in [0.2, 0.25) is 0 Å². The molecular formula is C18H16N4O3S2. The fourth-order valence-corrected chi connectivity index (χ4v) is 4.20. The van der Waals surface area contributed by atoms with Crippen LogP contribution in [0.25, 0.3) is 10.8 Å². The number of rotatable bonds is 4. The summed E-state index contributed by atoms with van der Waals surface area (Å²) in [6.45, 7) is 1.87. The highest BCUT2D eigenvalue weighted by Gasteiger charge is 2.29. The summed E-state index contributed by atoms with van der Waals surface area (Å²) in [5.74, 6) is 0.366. The summed E-state index contributed by atoms with van der Waals surface area (Å²) in [5, 5.41) is 13.1. The predicted octanol–water partition coefficient (Wildman–Crippen LogP) is 3.65. The topological polar surface area (TPSA) is 88.3 Å². The zero-order valence-corrected chi connectivity index (χ0v) is 16.0. The summed E-state index contributed by atoms with van der Waals surface area (Å²) >= 11 is 2.70. The zero-order valence-electron chi connectivity index (χ0n) is 14.4. The lowest BCUT2D eigenvalue weighted by Gasteiger charge is -2.27. The monoisotopic (exact) mass is 400 g/mol. The van der Waals surface area contributed by atoms with Gasteiger partial charge >= 0.3 is 0 Å². The highest BCUT2D eigenvalue weighted by Crippen LogP contribution is 2.32. The number of para-hydroxylation sites is 2. The molecule has 1 N–H and O–H groups in total. The summed E-state index contributed by atoms with van der Waals surface area (Å²) in [5.41, 5.74) is 1.34. The van der Waals surface area contributed by atoms with Crippen molar-refractivity contribution < 1.29 is 14.0 Å². The summed E-state index contributed by atoms with van der Waals surface area (Å²) in [6.07, 6.45) is 0.244. The Kier molecular flexibility index (Phi) is 4.95. The number of anilines is 2. The molecule has 1 aromatic carbocycles. The van der Waals surface area contributed by atoms with Gasteiger partial charge in [-0.2, -0.15) is 0 Å². The Labute approximate surface area is 163 Å². The summed E-state index contributed by atoms with van der Waals surface area (Å²) < 4.78 is 5.62. The summed E-state index contributed by atoms with van der Waals surface area (Å²) in [6, 6.07) is 10.9. The molecule has 0 saturated carbocycles. The molecule has 0 fully saturated rings.